The van der Waals surface area contributed by atoms with Crippen molar-refractivity contribution in [3.05, 3.63) is 176 Å². The molecule has 12 aromatic rings. The molecule has 0 aliphatic carbocycles. The third-order valence-corrected chi connectivity index (χ3v) is 12.1. The van der Waals surface area contributed by atoms with Gasteiger partial charge in [-0.05, 0) is 53.1 Å². The van der Waals surface area contributed by atoms with Gasteiger partial charge in [0.05, 0.1) is 5.56 Å². The van der Waals surface area contributed by atoms with Gasteiger partial charge in [0.2, 0.25) is 0 Å². The van der Waals surface area contributed by atoms with Gasteiger partial charge in [0, 0.05) is 58.4 Å². The van der Waals surface area contributed by atoms with Crippen LogP contribution in [0.1, 0.15) is 0 Å². The molecule has 0 aliphatic heterocycles. The predicted octanol–water partition coefficient (Wildman–Crippen LogP) is 14.4. The number of aromatic nitrogens is 3. The molecular weight excluding hydrogens is 719 g/mol. The monoisotopic (exact) mass is 747 g/mol. The Morgan fingerprint density at radius 1 is 0.333 bits per heavy atom. The fraction of sp³-hybridized carbons (Fsp3) is 0. The highest BCUT2D eigenvalue weighted by atomic mass is 32.1. The normalized spacial score (nSPS) is 11.9. The number of thiophene rings is 1. The second-order valence-corrected chi connectivity index (χ2v) is 15.4. The fourth-order valence-corrected chi connectivity index (χ4v) is 9.50. The molecular formula is C51H29N3O2S. The van der Waals surface area contributed by atoms with E-state index in [0.717, 1.165) is 82.8 Å². The second kappa shape index (κ2) is 12.6. The number of furan rings is 2. The van der Waals surface area contributed by atoms with Gasteiger partial charge in [0.15, 0.2) is 17.5 Å². The molecule has 4 heterocycles. The lowest BCUT2D eigenvalue weighted by Gasteiger charge is -2.10. The van der Waals surface area contributed by atoms with Gasteiger partial charge in [-0.2, -0.15) is 0 Å². The van der Waals surface area contributed by atoms with Crippen LogP contribution in [0.4, 0.5) is 0 Å². The second-order valence-electron chi connectivity index (χ2n) is 14.3. The van der Waals surface area contributed by atoms with Crippen LogP contribution in [0.2, 0.25) is 0 Å². The van der Waals surface area contributed by atoms with E-state index >= 15 is 0 Å². The zero-order valence-corrected chi connectivity index (χ0v) is 31.1. The number of fused-ring (bicyclic) bond motifs is 9. The number of hydrogen-bond acceptors (Lipinski definition) is 6. The number of hydrogen-bond donors (Lipinski definition) is 0. The largest absolute Gasteiger partial charge is 0.455 e. The van der Waals surface area contributed by atoms with Crippen LogP contribution in [0, 0.1) is 0 Å². The van der Waals surface area contributed by atoms with E-state index in [9.17, 15) is 0 Å². The van der Waals surface area contributed by atoms with Crippen LogP contribution in [-0.2, 0) is 0 Å². The Morgan fingerprint density at radius 2 is 0.930 bits per heavy atom. The lowest BCUT2D eigenvalue weighted by molar-refractivity contribution is 0.669. The maximum Gasteiger partial charge on any atom is 0.167 e. The average Bonchev–Trinajstić information content (AvgIpc) is 3.98. The van der Waals surface area contributed by atoms with Gasteiger partial charge in [-0.15, -0.1) is 11.3 Å². The highest BCUT2D eigenvalue weighted by Crippen LogP contribution is 2.47. The molecule has 0 spiro atoms. The Morgan fingerprint density at radius 3 is 1.74 bits per heavy atom. The SMILES string of the molecule is c1ccc(-c2nc(-c3ccccc3)nc(-c3cccc4c3oc3cccc(-c5ccc(-c6ccc7c(c6)sc6ccccc67)c6c5oc5ccccc56)c34)n2)cc1. The lowest BCUT2D eigenvalue weighted by Crippen LogP contribution is -2.00. The quantitative estimate of drug-likeness (QED) is 0.175. The van der Waals surface area contributed by atoms with Gasteiger partial charge in [0.1, 0.15) is 22.3 Å². The molecule has 0 radical (unpaired) electrons. The maximum atomic E-state index is 6.82. The summed E-state index contributed by atoms with van der Waals surface area (Å²) < 4.78 is 16.2. The van der Waals surface area contributed by atoms with Crippen molar-refractivity contribution in [1.82, 2.24) is 15.0 Å². The van der Waals surface area contributed by atoms with Crippen LogP contribution < -0.4 is 0 Å². The average molecular weight is 748 g/mol. The molecule has 0 amide bonds. The molecule has 0 saturated heterocycles. The molecule has 0 bridgehead atoms. The summed E-state index contributed by atoms with van der Waals surface area (Å²) in [7, 11) is 0. The van der Waals surface area contributed by atoms with Crippen molar-refractivity contribution in [1.29, 1.82) is 0 Å². The molecule has 4 aromatic heterocycles. The summed E-state index contributed by atoms with van der Waals surface area (Å²) >= 11 is 1.84. The number of nitrogens with zero attached hydrogens (tertiary/aromatic N) is 3. The number of para-hydroxylation sites is 2. The molecule has 57 heavy (non-hydrogen) atoms. The third-order valence-electron chi connectivity index (χ3n) is 11.0. The van der Waals surface area contributed by atoms with Crippen molar-refractivity contribution in [3.8, 4) is 56.4 Å². The van der Waals surface area contributed by atoms with Crippen LogP contribution in [0.5, 0.6) is 0 Å². The molecule has 0 unspecified atom stereocenters. The number of benzene rings is 8. The molecule has 0 atom stereocenters. The van der Waals surface area contributed by atoms with Crippen LogP contribution in [0.15, 0.2) is 185 Å². The van der Waals surface area contributed by atoms with E-state index in [1.165, 1.54) is 20.2 Å². The molecule has 0 fully saturated rings. The van der Waals surface area contributed by atoms with Crippen molar-refractivity contribution in [2.45, 2.75) is 0 Å². The fourth-order valence-electron chi connectivity index (χ4n) is 8.35. The van der Waals surface area contributed by atoms with Gasteiger partial charge in [-0.1, -0.05) is 140 Å². The molecule has 0 saturated carbocycles. The first-order valence-electron chi connectivity index (χ1n) is 18.9. The van der Waals surface area contributed by atoms with Gasteiger partial charge < -0.3 is 8.83 Å². The summed E-state index contributed by atoms with van der Waals surface area (Å²) in [6.07, 6.45) is 0. The summed E-state index contributed by atoms with van der Waals surface area (Å²) in [5, 5.41) is 6.75. The van der Waals surface area contributed by atoms with Gasteiger partial charge in [-0.3, -0.25) is 0 Å². The Labute approximate surface area is 330 Å². The Kier molecular flexibility index (Phi) is 7.03. The summed E-state index contributed by atoms with van der Waals surface area (Å²) in [5.41, 5.74) is 10.2. The Bertz CT molecular complexity index is 3470. The topological polar surface area (TPSA) is 65.0 Å². The van der Waals surface area contributed by atoms with Crippen molar-refractivity contribution in [2.24, 2.45) is 0 Å². The minimum atomic E-state index is 0.550. The predicted molar refractivity (Wildman–Crippen MR) is 234 cm³/mol. The summed E-state index contributed by atoms with van der Waals surface area (Å²) in [6, 6.07) is 60.8. The van der Waals surface area contributed by atoms with Crippen LogP contribution in [0.3, 0.4) is 0 Å². The molecule has 6 heteroatoms. The molecule has 8 aromatic carbocycles. The van der Waals surface area contributed by atoms with Crippen LogP contribution in [-0.4, -0.2) is 15.0 Å². The van der Waals surface area contributed by atoms with Gasteiger partial charge in [0.25, 0.3) is 0 Å². The van der Waals surface area contributed by atoms with E-state index in [4.69, 9.17) is 23.8 Å². The first kappa shape index (κ1) is 31.9. The van der Waals surface area contributed by atoms with Crippen molar-refractivity contribution in [2.75, 3.05) is 0 Å². The Balaban J connectivity index is 1.07. The number of rotatable bonds is 5. The lowest BCUT2D eigenvalue weighted by atomic mass is 9.92. The van der Waals surface area contributed by atoms with E-state index in [1.54, 1.807) is 0 Å². The van der Waals surface area contributed by atoms with E-state index in [-0.39, 0.29) is 0 Å². The van der Waals surface area contributed by atoms with Gasteiger partial charge in [-0.25, -0.2) is 15.0 Å². The maximum absolute atomic E-state index is 6.82. The minimum Gasteiger partial charge on any atom is -0.455 e. The first-order valence-corrected chi connectivity index (χ1v) is 19.7. The molecule has 266 valence electrons. The van der Waals surface area contributed by atoms with Crippen molar-refractivity contribution >= 4 is 75.4 Å². The van der Waals surface area contributed by atoms with E-state index in [0.29, 0.717) is 17.5 Å². The van der Waals surface area contributed by atoms with E-state index in [1.807, 2.05) is 90.2 Å². The Hall–Kier alpha value is -7.41. The zero-order valence-electron chi connectivity index (χ0n) is 30.3. The highest BCUT2D eigenvalue weighted by molar-refractivity contribution is 7.25. The summed E-state index contributed by atoms with van der Waals surface area (Å²) in [5.74, 6) is 1.76. The first-order chi connectivity index (χ1) is 28.2. The highest BCUT2D eigenvalue weighted by Gasteiger charge is 2.23. The van der Waals surface area contributed by atoms with Crippen LogP contribution in [0.25, 0.3) is 120 Å². The zero-order chi connectivity index (χ0) is 37.5. The molecule has 0 aliphatic rings. The minimum absolute atomic E-state index is 0.550. The van der Waals surface area contributed by atoms with E-state index in [2.05, 4.69) is 97.1 Å². The standard InChI is InChI=1S/C51H29N3O2S/c1-3-13-30(14-4-1)49-52-50(31-15-5-2-6-16-31)54-51(53-49)40-21-11-20-39-45-36(19-12-23-42(45)56-47(39)40)37-28-27-33(46-38-18-7-9-22-41(38)55-48(37)46)32-25-26-35-34-17-8-10-24-43(34)57-44(35)29-32/h1-29H. The molecule has 12 rings (SSSR count). The summed E-state index contributed by atoms with van der Waals surface area (Å²) in [4.78, 5) is 15.0. The van der Waals surface area contributed by atoms with Crippen molar-refractivity contribution < 1.29 is 8.83 Å². The molecule has 0 N–H and O–H groups in total. The smallest absolute Gasteiger partial charge is 0.167 e. The molecule has 5 nitrogen and oxygen atoms in total. The summed E-state index contributed by atoms with van der Waals surface area (Å²) in [6.45, 7) is 0. The van der Waals surface area contributed by atoms with Crippen LogP contribution >= 0.6 is 11.3 Å². The van der Waals surface area contributed by atoms with E-state index < -0.39 is 0 Å². The van der Waals surface area contributed by atoms with Gasteiger partial charge >= 0.3 is 0 Å². The third kappa shape index (κ3) is 5.04. The van der Waals surface area contributed by atoms with Crippen molar-refractivity contribution in [3.63, 3.8) is 0 Å².